The summed E-state index contributed by atoms with van der Waals surface area (Å²) in [6, 6.07) is 11.4. The van der Waals surface area contributed by atoms with Crippen LogP contribution in [0.5, 0.6) is 17.2 Å². The van der Waals surface area contributed by atoms with Gasteiger partial charge < -0.3 is 14.2 Å². The molecule has 0 bridgehead atoms. The summed E-state index contributed by atoms with van der Waals surface area (Å²) < 4.78 is 15.9. The summed E-state index contributed by atoms with van der Waals surface area (Å²) >= 11 is 6.26. The van der Waals surface area contributed by atoms with Crippen molar-refractivity contribution in [2.45, 2.75) is 6.54 Å². The van der Waals surface area contributed by atoms with Crippen LogP contribution in [0.15, 0.2) is 41.5 Å². The molecule has 3 rings (SSSR count). The van der Waals surface area contributed by atoms with Crippen LogP contribution < -0.4 is 19.6 Å². The number of piperazine rings is 1. The van der Waals surface area contributed by atoms with Crippen molar-refractivity contribution in [3.05, 3.63) is 52.5 Å². The molecule has 2 aromatic carbocycles. The van der Waals surface area contributed by atoms with Crippen molar-refractivity contribution in [1.29, 1.82) is 0 Å². The maximum atomic E-state index is 12.3. The summed E-state index contributed by atoms with van der Waals surface area (Å²) in [7, 11) is 4.67. The number of carbonyl (C=O) groups is 1. The van der Waals surface area contributed by atoms with E-state index in [9.17, 15) is 4.79 Å². The molecule has 0 spiro atoms. The van der Waals surface area contributed by atoms with Crippen LogP contribution in [0, 0.1) is 0 Å². The molecule has 1 fully saturated rings. The predicted octanol–water partition coefficient (Wildman–Crippen LogP) is 2.63. The minimum Gasteiger partial charge on any atom is -0.496 e. The summed E-state index contributed by atoms with van der Waals surface area (Å²) in [4.78, 5) is 16.8. The Morgan fingerprint density at radius 2 is 1.62 bits per heavy atom. The molecule has 32 heavy (non-hydrogen) atoms. The van der Waals surface area contributed by atoms with E-state index in [1.807, 2.05) is 24.3 Å². The highest BCUT2D eigenvalue weighted by molar-refractivity contribution is 6.31. The molecule has 8 nitrogen and oxygen atoms in total. The molecule has 172 valence electrons. The molecule has 2 aromatic rings. The minimum absolute atomic E-state index is 0.166. The van der Waals surface area contributed by atoms with Crippen LogP contribution in [-0.4, -0.2) is 76.0 Å². The Morgan fingerprint density at radius 3 is 2.28 bits per heavy atom. The number of hydrazone groups is 1. The van der Waals surface area contributed by atoms with Gasteiger partial charge >= 0.3 is 0 Å². The molecule has 1 heterocycles. The average molecular weight is 461 g/mol. The quantitative estimate of drug-likeness (QED) is 0.458. The second-order valence-electron chi connectivity index (χ2n) is 7.39. The van der Waals surface area contributed by atoms with Crippen LogP contribution >= 0.6 is 11.6 Å². The van der Waals surface area contributed by atoms with Crippen molar-refractivity contribution in [2.24, 2.45) is 5.10 Å². The van der Waals surface area contributed by atoms with E-state index in [4.69, 9.17) is 25.8 Å². The highest BCUT2D eigenvalue weighted by atomic mass is 35.5. The third-order valence-electron chi connectivity index (χ3n) is 5.31. The van der Waals surface area contributed by atoms with Crippen molar-refractivity contribution in [1.82, 2.24) is 15.2 Å². The molecule has 1 amide bonds. The van der Waals surface area contributed by atoms with Crippen LogP contribution in [0.1, 0.15) is 11.1 Å². The number of hydrogen-bond donors (Lipinski definition) is 1. The minimum atomic E-state index is -0.166. The second kappa shape index (κ2) is 11.7. The number of nitrogens with one attached hydrogen (secondary N) is 1. The van der Waals surface area contributed by atoms with E-state index in [0.717, 1.165) is 43.3 Å². The molecule has 0 aromatic heterocycles. The molecule has 9 heteroatoms. The predicted molar refractivity (Wildman–Crippen MR) is 125 cm³/mol. The summed E-state index contributed by atoms with van der Waals surface area (Å²) in [6.45, 7) is 4.49. The highest BCUT2D eigenvalue weighted by Gasteiger charge is 2.19. The lowest BCUT2D eigenvalue weighted by atomic mass is 10.2. The van der Waals surface area contributed by atoms with Gasteiger partial charge in [0.05, 0.1) is 34.1 Å². The van der Waals surface area contributed by atoms with Gasteiger partial charge in [0.15, 0.2) is 11.5 Å². The van der Waals surface area contributed by atoms with Gasteiger partial charge in [0.2, 0.25) is 0 Å². The van der Waals surface area contributed by atoms with Crippen molar-refractivity contribution in [3.8, 4) is 17.2 Å². The fourth-order valence-electron chi connectivity index (χ4n) is 3.54. The van der Waals surface area contributed by atoms with Crippen LogP contribution in [0.2, 0.25) is 5.02 Å². The molecule has 1 N–H and O–H groups in total. The van der Waals surface area contributed by atoms with Gasteiger partial charge in [0, 0.05) is 49.4 Å². The summed E-state index contributed by atoms with van der Waals surface area (Å²) in [5, 5.41) is 4.86. The third-order valence-corrected chi connectivity index (χ3v) is 5.68. The van der Waals surface area contributed by atoms with E-state index in [1.165, 1.54) is 6.21 Å². The van der Waals surface area contributed by atoms with Gasteiger partial charge in [-0.25, -0.2) is 5.43 Å². The van der Waals surface area contributed by atoms with E-state index in [0.29, 0.717) is 29.4 Å². The Kier molecular flexibility index (Phi) is 8.72. The molecule has 0 saturated carbocycles. The van der Waals surface area contributed by atoms with Crippen molar-refractivity contribution in [3.63, 3.8) is 0 Å². The SMILES string of the molecule is COc1cc(OC)c(OC)cc1C=NNC(=O)CN1CCN(Cc2ccccc2Cl)CC1. The van der Waals surface area contributed by atoms with E-state index in [1.54, 1.807) is 33.5 Å². The zero-order valence-electron chi connectivity index (χ0n) is 18.6. The Labute approximate surface area is 193 Å². The fraction of sp³-hybridized carbons (Fsp3) is 0.391. The van der Waals surface area contributed by atoms with E-state index in [-0.39, 0.29) is 5.91 Å². The molecule has 0 radical (unpaired) electrons. The molecule has 1 aliphatic heterocycles. The van der Waals surface area contributed by atoms with Crippen LogP contribution in [0.3, 0.4) is 0 Å². The summed E-state index contributed by atoms with van der Waals surface area (Å²) in [5.41, 5.74) is 4.38. The molecule has 0 unspecified atom stereocenters. The first-order chi connectivity index (χ1) is 15.5. The number of ether oxygens (including phenoxy) is 3. The maximum absolute atomic E-state index is 12.3. The van der Waals surface area contributed by atoms with Crippen LogP contribution in [0.25, 0.3) is 0 Å². The zero-order chi connectivity index (χ0) is 22.9. The molecule has 0 atom stereocenters. The van der Waals surface area contributed by atoms with Crippen molar-refractivity contribution < 1.29 is 19.0 Å². The fourth-order valence-corrected chi connectivity index (χ4v) is 3.73. The second-order valence-corrected chi connectivity index (χ2v) is 7.79. The lowest BCUT2D eigenvalue weighted by Gasteiger charge is -2.34. The van der Waals surface area contributed by atoms with Gasteiger partial charge in [-0.3, -0.25) is 14.6 Å². The number of halogens is 1. The van der Waals surface area contributed by atoms with Gasteiger partial charge in [-0.05, 0) is 17.7 Å². The Morgan fingerprint density at radius 1 is 1.00 bits per heavy atom. The number of carbonyl (C=O) groups excluding carboxylic acids is 1. The van der Waals surface area contributed by atoms with Gasteiger partial charge in [-0.1, -0.05) is 29.8 Å². The van der Waals surface area contributed by atoms with Gasteiger partial charge in [0.25, 0.3) is 5.91 Å². The molecular formula is C23H29ClN4O4. The smallest absolute Gasteiger partial charge is 0.254 e. The lowest BCUT2D eigenvalue weighted by Crippen LogP contribution is -2.48. The maximum Gasteiger partial charge on any atom is 0.254 e. The number of benzene rings is 2. The largest absolute Gasteiger partial charge is 0.496 e. The monoisotopic (exact) mass is 460 g/mol. The molecule has 0 aliphatic carbocycles. The number of methoxy groups -OCH3 is 3. The first kappa shape index (κ1) is 23.8. The number of nitrogens with zero attached hydrogens (tertiary/aromatic N) is 3. The first-order valence-corrected chi connectivity index (χ1v) is 10.7. The summed E-state index contributed by atoms with van der Waals surface area (Å²) in [5.74, 6) is 1.51. The number of amides is 1. The zero-order valence-corrected chi connectivity index (χ0v) is 19.4. The Hall–Kier alpha value is -2.81. The Balaban J connectivity index is 1.47. The molecular weight excluding hydrogens is 432 g/mol. The molecule has 1 aliphatic rings. The van der Waals surface area contributed by atoms with E-state index in [2.05, 4.69) is 20.3 Å². The van der Waals surface area contributed by atoms with E-state index < -0.39 is 0 Å². The first-order valence-electron chi connectivity index (χ1n) is 10.3. The van der Waals surface area contributed by atoms with Gasteiger partial charge in [0.1, 0.15) is 5.75 Å². The summed E-state index contributed by atoms with van der Waals surface area (Å²) in [6.07, 6.45) is 1.53. The standard InChI is InChI=1S/C23H29ClN4O4/c1-30-20-13-22(32-3)21(31-2)12-18(20)14-25-26-23(29)16-28-10-8-27(9-11-28)15-17-6-4-5-7-19(17)24/h4-7,12-14H,8-11,15-16H2,1-3H3,(H,26,29). The topological polar surface area (TPSA) is 75.6 Å². The van der Waals surface area contributed by atoms with Crippen LogP contribution in [0.4, 0.5) is 0 Å². The lowest BCUT2D eigenvalue weighted by molar-refractivity contribution is -0.122. The molecule has 1 saturated heterocycles. The van der Waals surface area contributed by atoms with E-state index >= 15 is 0 Å². The van der Waals surface area contributed by atoms with Crippen molar-refractivity contribution >= 4 is 23.7 Å². The average Bonchev–Trinajstić information content (AvgIpc) is 2.81. The van der Waals surface area contributed by atoms with Gasteiger partial charge in [-0.15, -0.1) is 0 Å². The number of hydrogen-bond acceptors (Lipinski definition) is 7. The third kappa shape index (κ3) is 6.35. The van der Waals surface area contributed by atoms with Crippen LogP contribution in [-0.2, 0) is 11.3 Å². The normalized spacial score (nSPS) is 15.0. The Bertz CT molecular complexity index is 946. The highest BCUT2D eigenvalue weighted by Crippen LogP contribution is 2.33. The number of rotatable bonds is 9. The van der Waals surface area contributed by atoms with Crippen molar-refractivity contribution in [2.75, 3.05) is 54.1 Å². The van der Waals surface area contributed by atoms with Gasteiger partial charge in [-0.2, -0.15) is 5.10 Å².